The molecular formula is C17H17N3O3. The summed E-state index contributed by atoms with van der Waals surface area (Å²) in [4.78, 5) is 23.1. The minimum absolute atomic E-state index is 0.106. The number of hydrogen-bond donors (Lipinski definition) is 4. The van der Waals surface area contributed by atoms with Gasteiger partial charge in [-0.15, -0.1) is 0 Å². The first-order chi connectivity index (χ1) is 11.0. The summed E-state index contributed by atoms with van der Waals surface area (Å²) >= 11 is 0. The minimum Gasteiger partial charge on any atom is -0.507 e. The number of phenolic OH excluding ortho intramolecular Hbond substituents is 1. The van der Waals surface area contributed by atoms with E-state index in [1.807, 2.05) is 0 Å². The number of rotatable bonds is 5. The SMILES string of the molecule is C=C(NNC(=O)c1ccccc1O)c1cccc(NC(C)=O)c1. The van der Waals surface area contributed by atoms with E-state index in [0.717, 1.165) is 0 Å². The summed E-state index contributed by atoms with van der Waals surface area (Å²) in [7, 11) is 0. The van der Waals surface area contributed by atoms with Gasteiger partial charge in [0.1, 0.15) is 5.75 Å². The van der Waals surface area contributed by atoms with Crippen LogP contribution < -0.4 is 16.2 Å². The molecule has 4 N–H and O–H groups in total. The van der Waals surface area contributed by atoms with Crippen molar-refractivity contribution in [1.29, 1.82) is 0 Å². The lowest BCUT2D eigenvalue weighted by Gasteiger charge is -2.13. The van der Waals surface area contributed by atoms with Crippen LogP contribution in [-0.4, -0.2) is 16.9 Å². The molecule has 2 aromatic rings. The summed E-state index contributed by atoms with van der Waals surface area (Å²) in [6.07, 6.45) is 0. The molecule has 2 rings (SSSR count). The van der Waals surface area contributed by atoms with Crippen molar-refractivity contribution in [2.24, 2.45) is 0 Å². The van der Waals surface area contributed by atoms with Crippen molar-refractivity contribution in [2.45, 2.75) is 6.92 Å². The average molecular weight is 311 g/mol. The number of benzene rings is 2. The Bertz CT molecular complexity index is 756. The molecule has 2 aromatic carbocycles. The lowest BCUT2D eigenvalue weighted by atomic mass is 10.1. The Kier molecular flexibility index (Phi) is 4.99. The van der Waals surface area contributed by atoms with E-state index in [4.69, 9.17) is 0 Å². The summed E-state index contributed by atoms with van der Waals surface area (Å²) in [5.74, 6) is -0.763. The topological polar surface area (TPSA) is 90.5 Å². The summed E-state index contributed by atoms with van der Waals surface area (Å²) in [6.45, 7) is 5.26. The van der Waals surface area contributed by atoms with Crippen LogP contribution in [0.25, 0.3) is 5.70 Å². The zero-order valence-corrected chi connectivity index (χ0v) is 12.6. The van der Waals surface area contributed by atoms with Gasteiger partial charge in [-0.25, -0.2) is 0 Å². The predicted octanol–water partition coefficient (Wildman–Crippen LogP) is 2.26. The van der Waals surface area contributed by atoms with Crippen molar-refractivity contribution in [3.8, 4) is 5.75 Å². The number of amides is 2. The molecule has 6 heteroatoms. The van der Waals surface area contributed by atoms with E-state index in [1.165, 1.54) is 19.1 Å². The second-order valence-electron chi connectivity index (χ2n) is 4.84. The highest BCUT2D eigenvalue weighted by Crippen LogP contribution is 2.17. The molecule has 0 aromatic heterocycles. The van der Waals surface area contributed by atoms with Crippen LogP contribution in [0.1, 0.15) is 22.8 Å². The van der Waals surface area contributed by atoms with E-state index in [0.29, 0.717) is 16.9 Å². The fourth-order valence-corrected chi connectivity index (χ4v) is 1.93. The predicted molar refractivity (Wildman–Crippen MR) is 88.5 cm³/mol. The van der Waals surface area contributed by atoms with Crippen molar-refractivity contribution in [1.82, 2.24) is 10.9 Å². The van der Waals surface area contributed by atoms with Crippen LogP contribution in [0.4, 0.5) is 5.69 Å². The maximum absolute atomic E-state index is 12.0. The van der Waals surface area contributed by atoms with Crippen LogP contribution in [0.15, 0.2) is 55.1 Å². The van der Waals surface area contributed by atoms with Gasteiger partial charge in [0.2, 0.25) is 5.91 Å². The lowest BCUT2D eigenvalue weighted by Crippen LogP contribution is -2.35. The van der Waals surface area contributed by atoms with Crippen LogP contribution in [0.2, 0.25) is 0 Å². The van der Waals surface area contributed by atoms with Gasteiger partial charge in [-0.3, -0.25) is 20.4 Å². The molecule has 23 heavy (non-hydrogen) atoms. The van der Waals surface area contributed by atoms with Crippen LogP contribution in [0.5, 0.6) is 5.75 Å². The summed E-state index contributed by atoms with van der Waals surface area (Å²) in [5.41, 5.74) is 7.08. The van der Waals surface area contributed by atoms with Gasteiger partial charge in [0.05, 0.1) is 11.3 Å². The highest BCUT2D eigenvalue weighted by atomic mass is 16.3. The van der Waals surface area contributed by atoms with E-state index >= 15 is 0 Å². The van der Waals surface area contributed by atoms with Crippen molar-refractivity contribution in [3.63, 3.8) is 0 Å². The maximum Gasteiger partial charge on any atom is 0.273 e. The fraction of sp³-hybridized carbons (Fsp3) is 0.0588. The van der Waals surface area contributed by atoms with Gasteiger partial charge in [-0.2, -0.15) is 0 Å². The summed E-state index contributed by atoms with van der Waals surface area (Å²) < 4.78 is 0. The fourth-order valence-electron chi connectivity index (χ4n) is 1.93. The third kappa shape index (κ3) is 4.34. The third-order valence-corrected chi connectivity index (χ3v) is 3.01. The number of para-hydroxylation sites is 1. The molecule has 0 fully saturated rings. The molecular weight excluding hydrogens is 294 g/mol. The van der Waals surface area contributed by atoms with Crippen molar-refractivity contribution < 1.29 is 14.7 Å². The van der Waals surface area contributed by atoms with E-state index in [9.17, 15) is 14.7 Å². The molecule has 0 unspecified atom stereocenters. The Hall–Kier alpha value is -3.28. The number of anilines is 1. The molecule has 2 amide bonds. The summed E-state index contributed by atoms with van der Waals surface area (Å²) in [6, 6.07) is 13.2. The Morgan fingerprint density at radius 3 is 2.48 bits per heavy atom. The Balaban J connectivity index is 2.01. The van der Waals surface area contributed by atoms with Gasteiger partial charge in [-0.1, -0.05) is 30.8 Å². The monoisotopic (exact) mass is 311 g/mol. The zero-order valence-electron chi connectivity index (χ0n) is 12.6. The highest BCUT2D eigenvalue weighted by molar-refractivity contribution is 5.97. The molecule has 0 aliphatic carbocycles. The Morgan fingerprint density at radius 2 is 1.78 bits per heavy atom. The van der Waals surface area contributed by atoms with Gasteiger partial charge >= 0.3 is 0 Å². The lowest BCUT2D eigenvalue weighted by molar-refractivity contribution is -0.114. The first-order valence-electron chi connectivity index (χ1n) is 6.88. The van der Waals surface area contributed by atoms with Gasteiger partial charge in [0.25, 0.3) is 5.91 Å². The van der Waals surface area contributed by atoms with Gasteiger partial charge in [0, 0.05) is 18.2 Å². The van der Waals surface area contributed by atoms with Crippen molar-refractivity contribution >= 4 is 23.2 Å². The second-order valence-corrected chi connectivity index (χ2v) is 4.84. The normalized spacial score (nSPS) is 9.78. The number of hydrazine groups is 1. The first-order valence-corrected chi connectivity index (χ1v) is 6.88. The van der Waals surface area contributed by atoms with E-state index in [-0.39, 0.29) is 17.2 Å². The highest BCUT2D eigenvalue weighted by Gasteiger charge is 2.10. The molecule has 0 saturated carbocycles. The molecule has 0 radical (unpaired) electrons. The molecule has 0 saturated heterocycles. The van der Waals surface area contributed by atoms with Crippen LogP contribution in [-0.2, 0) is 4.79 Å². The first kappa shape index (κ1) is 16.1. The molecule has 0 atom stereocenters. The zero-order chi connectivity index (χ0) is 16.8. The number of phenols is 1. The van der Waals surface area contributed by atoms with Gasteiger partial charge in [-0.05, 0) is 24.3 Å². The number of carbonyl (C=O) groups excluding carboxylic acids is 2. The molecule has 0 aliphatic heterocycles. The van der Waals surface area contributed by atoms with Gasteiger partial charge < -0.3 is 10.4 Å². The molecule has 0 heterocycles. The molecule has 0 aliphatic rings. The molecule has 6 nitrogen and oxygen atoms in total. The maximum atomic E-state index is 12.0. The Labute approximate surface area is 133 Å². The largest absolute Gasteiger partial charge is 0.507 e. The minimum atomic E-state index is -0.484. The van der Waals surface area contributed by atoms with E-state index in [2.05, 4.69) is 22.7 Å². The summed E-state index contributed by atoms with van der Waals surface area (Å²) in [5, 5.41) is 12.3. The number of hydrogen-bond acceptors (Lipinski definition) is 4. The Morgan fingerprint density at radius 1 is 1.04 bits per heavy atom. The second kappa shape index (κ2) is 7.13. The van der Waals surface area contributed by atoms with E-state index < -0.39 is 5.91 Å². The van der Waals surface area contributed by atoms with Crippen molar-refractivity contribution in [2.75, 3.05) is 5.32 Å². The van der Waals surface area contributed by atoms with Crippen LogP contribution in [0.3, 0.4) is 0 Å². The third-order valence-electron chi connectivity index (χ3n) is 3.01. The smallest absolute Gasteiger partial charge is 0.273 e. The quantitative estimate of drug-likeness (QED) is 0.638. The van der Waals surface area contributed by atoms with E-state index in [1.54, 1.807) is 36.4 Å². The molecule has 0 spiro atoms. The molecule has 0 bridgehead atoms. The number of carbonyl (C=O) groups is 2. The number of nitrogens with one attached hydrogen (secondary N) is 3. The standard InChI is InChI=1S/C17H17N3O3/c1-11(13-6-5-7-14(10-13)18-12(2)21)19-20-17(23)15-8-3-4-9-16(15)22/h3-10,19,22H,1H2,2H3,(H,18,21)(H,20,23). The van der Waals surface area contributed by atoms with Crippen LogP contribution >= 0.6 is 0 Å². The average Bonchev–Trinajstić information content (AvgIpc) is 2.52. The molecule has 118 valence electrons. The van der Waals surface area contributed by atoms with Gasteiger partial charge in [0.15, 0.2) is 0 Å². The number of aromatic hydroxyl groups is 1. The van der Waals surface area contributed by atoms with Crippen molar-refractivity contribution in [3.05, 3.63) is 66.2 Å². The van der Waals surface area contributed by atoms with Crippen LogP contribution in [0, 0.1) is 0 Å².